The molecule has 0 bridgehead atoms. The predicted molar refractivity (Wildman–Crippen MR) is 137 cm³/mol. The second-order valence-corrected chi connectivity index (χ2v) is 9.18. The number of likely N-dealkylation sites (N-methyl/N-ethyl adjacent to an activating group) is 1. The average Bonchev–Trinajstić information content (AvgIpc) is 3.32. The minimum absolute atomic E-state index is 0.0346. The SMILES string of the molecule is COC(=O)c1ccccc1-n1c(C)cc([C@H]2[C@H](c3ccccn3)NC(=S)N2CCN(C)C)c1C. The number of hydrogen-bond acceptors (Lipinski definition) is 5. The molecule has 1 aliphatic heterocycles. The number of para-hydroxylation sites is 1. The lowest BCUT2D eigenvalue weighted by molar-refractivity contribution is 0.0600. The summed E-state index contributed by atoms with van der Waals surface area (Å²) in [6, 6.07) is 15.6. The van der Waals surface area contributed by atoms with Gasteiger partial charge in [0.2, 0.25) is 0 Å². The molecule has 2 atom stereocenters. The van der Waals surface area contributed by atoms with E-state index >= 15 is 0 Å². The van der Waals surface area contributed by atoms with Gasteiger partial charge in [-0.1, -0.05) is 18.2 Å². The largest absolute Gasteiger partial charge is 0.465 e. The maximum absolute atomic E-state index is 12.5. The van der Waals surface area contributed by atoms with Crippen molar-refractivity contribution in [3.8, 4) is 5.69 Å². The maximum Gasteiger partial charge on any atom is 0.339 e. The number of nitrogens with one attached hydrogen (secondary N) is 1. The Bertz CT molecular complexity index is 1190. The fraction of sp³-hybridized carbons (Fsp3) is 0.346. The van der Waals surface area contributed by atoms with Crippen molar-refractivity contribution in [2.45, 2.75) is 25.9 Å². The third kappa shape index (κ3) is 4.43. The van der Waals surface area contributed by atoms with E-state index in [1.165, 1.54) is 7.11 Å². The van der Waals surface area contributed by atoms with Crippen molar-refractivity contribution in [2.24, 2.45) is 0 Å². The Balaban J connectivity index is 1.84. The molecule has 7 nitrogen and oxygen atoms in total. The van der Waals surface area contributed by atoms with Crippen LogP contribution in [0.5, 0.6) is 0 Å². The highest BCUT2D eigenvalue weighted by Gasteiger charge is 2.41. The minimum Gasteiger partial charge on any atom is -0.465 e. The number of methoxy groups -OCH3 is 1. The topological polar surface area (TPSA) is 62.6 Å². The molecule has 0 unspecified atom stereocenters. The van der Waals surface area contributed by atoms with E-state index in [1.54, 1.807) is 6.07 Å². The molecule has 178 valence electrons. The number of esters is 1. The van der Waals surface area contributed by atoms with E-state index in [2.05, 4.69) is 58.7 Å². The van der Waals surface area contributed by atoms with Gasteiger partial charge in [0.1, 0.15) is 0 Å². The summed E-state index contributed by atoms with van der Waals surface area (Å²) in [7, 11) is 5.53. The molecule has 1 aromatic carbocycles. The number of thiocarbonyl (C=S) groups is 1. The zero-order valence-electron chi connectivity index (χ0n) is 20.3. The number of aryl methyl sites for hydroxylation is 1. The normalized spacial score (nSPS) is 17.8. The van der Waals surface area contributed by atoms with Crippen molar-refractivity contribution < 1.29 is 9.53 Å². The molecule has 2 aromatic heterocycles. The first-order chi connectivity index (χ1) is 16.3. The molecule has 0 amide bonds. The molecular weight excluding hydrogens is 446 g/mol. The van der Waals surface area contributed by atoms with Crippen LogP contribution in [0.15, 0.2) is 54.7 Å². The highest BCUT2D eigenvalue weighted by Crippen LogP contribution is 2.41. The summed E-state index contributed by atoms with van der Waals surface area (Å²) in [5.41, 5.74) is 5.53. The third-order valence-electron chi connectivity index (χ3n) is 6.33. The number of nitrogens with zero attached hydrogens (tertiary/aromatic N) is 4. The standard InChI is InChI=1S/C26H31N5O2S/c1-17-16-20(18(2)31(17)22-12-7-6-10-19(22)25(32)33-5)24-23(21-11-8-9-13-27-21)28-26(34)30(24)15-14-29(3)4/h6-13,16,23-24H,14-15H2,1-5H3,(H,28,34)/t23-,24-/m0/s1. The van der Waals surface area contributed by atoms with E-state index in [0.29, 0.717) is 5.56 Å². The van der Waals surface area contributed by atoms with Crippen LogP contribution in [0.25, 0.3) is 5.69 Å². The van der Waals surface area contributed by atoms with E-state index in [9.17, 15) is 4.79 Å². The fourth-order valence-electron chi connectivity index (χ4n) is 4.70. The lowest BCUT2D eigenvalue weighted by Gasteiger charge is -2.29. The number of carbonyl (C=O) groups excluding carboxylic acids is 1. The summed E-state index contributed by atoms with van der Waals surface area (Å²) in [6.07, 6.45) is 1.81. The van der Waals surface area contributed by atoms with Crippen LogP contribution in [0.4, 0.5) is 0 Å². The highest BCUT2D eigenvalue weighted by atomic mass is 32.1. The summed E-state index contributed by atoms with van der Waals surface area (Å²) < 4.78 is 7.17. The van der Waals surface area contributed by atoms with Crippen LogP contribution in [-0.4, -0.2) is 64.7 Å². The van der Waals surface area contributed by atoms with Crippen LogP contribution in [0.3, 0.4) is 0 Å². The van der Waals surface area contributed by atoms with Crippen LogP contribution in [0.1, 0.15) is 45.1 Å². The van der Waals surface area contributed by atoms with Crippen molar-refractivity contribution in [3.05, 3.63) is 82.9 Å². The Morgan fingerprint density at radius 2 is 1.91 bits per heavy atom. The number of aromatic nitrogens is 2. The van der Waals surface area contributed by atoms with Crippen LogP contribution in [0.2, 0.25) is 0 Å². The minimum atomic E-state index is -0.354. The molecule has 34 heavy (non-hydrogen) atoms. The van der Waals surface area contributed by atoms with Crippen molar-refractivity contribution in [1.29, 1.82) is 0 Å². The van der Waals surface area contributed by atoms with E-state index < -0.39 is 0 Å². The Hall–Kier alpha value is -3.23. The van der Waals surface area contributed by atoms with Crippen molar-refractivity contribution in [1.82, 2.24) is 24.7 Å². The number of hydrogen-bond donors (Lipinski definition) is 1. The van der Waals surface area contributed by atoms with Gasteiger partial charge in [-0.25, -0.2) is 4.79 Å². The summed E-state index contributed by atoms with van der Waals surface area (Å²) >= 11 is 5.79. The molecule has 3 heterocycles. The first-order valence-electron chi connectivity index (χ1n) is 11.3. The maximum atomic E-state index is 12.5. The van der Waals surface area contributed by atoms with Gasteiger partial charge >= 0.3 is 5.97 Å². The molecule has 0 aliphatic carbocycles. The van der Waals surface area contributed by atoms with Crippen LogP contribution < -0.4 is 5.32 Å². The summed E-state index contributed by atoms with van der Waals surface area (Å²) in [6.45, 7) is 5.81. The van der Waals surface area contributed by atoms with Crippen molar-refractivity contribution >= 4 is 23.3 Å². The van der Waals surface area contributed by atoms with Gasteiger partial charge in [-0.3, -0.25) is 4.98 Å². The second-order valence-electron chi connectivity index (χ2n) is 8.79. The number of ether oxygens (including phenoxy) is 1. The van der Waals surface area contributed by atoms with E-state index in [1.807, 2.05) is 42.6 Å². The van der Waals surface area contributed by atoms with E-state index in [4.69, 9.17) is 17.0 Å². The molecule has 0 radical (unpaired) electrons. The first kappa shape index (κ1) is 23.9. The molecule has 0 spiro atoms. The van der Waals surface area contributed by atoms with Crippen LogP contribution in [0, 0.1) is 13.8 Å². The average molecular weight is 478 g/mol. The van der Waals surface area contributed by atoms with E-state index in [0.717, 1.165) is 46.5 Å². The molecule has 1 fully saturated rings. The quantitative estimate of drug-likeness (QED) is 0.410. The number of benzene rings is 1. The van der Waals surface area contributed by atoms with Crippen LogP contribution >= 0.6 is 12.2 Å². The number of rotatable bonds is 7. The van der Waals surface area contributed by atoms with Gasteiger partial charge in [0, 0.05) is 30.7 Å². The number of pyridine rings is 1. The first-order valence-corrected chi connectivity index (χ1v) is 11.7. The van der Waals surface area contributed by atoms with Gasteiger partial charge in [0.25, 0.3) is 0 Å². The van der Waals surface area contributed by atoms with Gasteiger partial charge in [-0.05, 0) is 76.1 Å². The Labute approximate surface area is 206 Å². The van der Waals surface area contributed by atoms with Gasteiger partial charge in [-0.15, -0.1) is 0 Å². The molecule has 8 heteroatoms. The van der Waals surface area contributed by atoms with E-state index in [-0.39, 0.29) is 18.1 Å². The molecule has 1 N–H and O–H groups in total. The van der Waals surface area contributed by atoms with Gasteiger partial charge in [0.05, 0.1) is 36.1 Å². The molecule has 1 saturated heterocycles. The lowest BCUT2D eigenvalue weighted by atomic mass is 9.96. The molecule has 1 aliphatic rings. The Morgan fingerprint density at radius 3 is 2.59 bits per heavy atom. The highest BCUT2D eigenvalue weighted by molar-refractivity contribution is 7.80. The summed E-state index contributed by atoms with van der Waals surface area (Å²) in [5.74, 6) is -0.354. The zero-order valence-corrected chi connectivity index (χ0v) is 21.1. The summed E-state index contributed by atoms with van der Waals surface area (Å²) in [5, 5.41) is 4.24. The van der Waals surface area contributed by atoms with Gasteiger partial charge in [-0.2, -0.15) is 0 Å². The van der Waals surface area contributed by atoms with Crippen molar-refractivity contribution in [2.75, 3.05) is 34.3 Å². The summed E-state index contributed by atoms with van der Waals surface area (Å²) in [4.78, 5) is 21.5. The second kappa shape index (κ2) is 9.95. The predicted octanol–water partition coefficient (Wildman–Crippen LogP) is 3.81. The Morgan fingerprint density at radius 1 is 1.18 bits per heavy atom. The number of carbonyl (C=O) groups is 1. The third-order valence-corrected chi connectivity index (χ3v) is 6.68. The van der Waals surface area contributed by atoms with Crippen molar-refractivity contribution in [3.63, 3.8) is 0 Å². The zero-order chi connectivity index (χ0) is 24.4. The monoisotopic (exact) mass is 477 g/mol. The molecular formula is C26H31N5O2S. The molecule has 0 saturated carbocycles. The van der Waals surface area contributed by atoms with Gasteiger partial charge in [0.15, 0.2) is 5.11 Å². The molecule has 4 rings (SSSR count). The van der Waals surface area contributed by atoms with Gasteiger partial charge < -0.3 is 24.4 Å². The van der Waals surface area contributed by atoms with Crippen LogP contribution in [-0.2, 0) is 4.74 Å². The Kier molecular flexibility index (Phi) is 7.00. The fourth-order valence-corrected chi connectivity index (χ4v) is 5.03. The molecule has 3 aromatic rings. The smallest absolute Gasteiger partial charge is 0.339 e. The lowest BCUT2D eigenvalue weighted by Crippen LogP contribution is -2.35.